The smallest absolute Gasteiger partial charge is 0.258 e. The van der Waals surface area contributed by atoms with Crippen LogP contribution in [0, 0.1) is 5.92 Å². The number of hydrogen-bond acceptors (Lipinski definition) is 5. The fourth-order valence-corrected chi connectivity index (χ4v) is 4.77. The Morgan fingerprint density at radius 1 is 1.08 bits per heavy atom. The number of hydrogen-bond donors (Lipinski definition) is 2. The molecule has 4 rings (SSSR count). The third kappa shape index (κ3) is 7.00. The molecule has 38 heavy (non-hydrogen) atoms. The number of nitrogens with zero attached hydrogens (tertiary/aromatic N) is 2. The van der Waals surface area contributed by atoms with Crippen LogP contribution in [0.1, 0.15) is 35.3 Å². The van der Waals surface area contributed by atoms with Crippen molar-refractivity contribution in [3.63, 3.8) is 0 Å². The van der Waals surface area contributed by atoms with Gasteiger partial charge in [-0.2, -0.15) is 0 Å². The van der Waals surface area contributed by atoms with Crippen molar-refractivity contribution in [3.8, 4) is 5.75 Å². The Kier molecular flexibility index (Phi) is 9.15. The number of likely N-dealkylation sites (N-methyl/N-ethyl adjacent to an activating group) is 1. The summed E-state index contributed by atoms with van der Waals surface area (Å²) in [5.74, 6) is 0.133. The Balaban J connectivity index is 1.56. The van der Waals surface area contributed by atoms with Gasteiger partial charge in [0.2, 0.25) is 5.91 Å². The van der Waals surface area contributed by atoms with Crippen LogP contribution in [0.4, 0.5) is 5.69 Å². The van der Waals surface area contributed by atoms with E-state index in [1.54, 1.807) is 23.1 Å². The highest BCUT2D eigenvalue weighted by molar-refractivity contribution is 6.00. The number of nitrogens with one attached hydrogen (secondary N) is 1. The molecule has 7 heteroatoms. The normalized spacial score (nSPS) is 18.2. The lowest BCUT2D eigenvalue weighted by atomic mass is 9.99. The fraction of sp³-hybridized carbons (Fsp3) is 0.355. The molecule has 3 aromatic carbocycles. The van der Waals surface area contributed by atoms with Crippen molar-refractivity contribution in [1.29, 1.82) is 0 Å². The van der Waals surface area contributed by atoms with E-state index in [0.29, 0.717) is 30.1 Å². The van der Waals surface area contributed by atoms with Gasteiger partial charge in [-0.25, -0.2) is 0 Å². The first kappa shape index (κ1) is 27.4. The molecule has 0 fully saturated rings. The van der Waals surface area contributed by atoms with Crippen LogP contribution < -0.4 is 10.1 Å². The summed E-state index contributed by atoms with van der Waals surface area (Å²) in [5, 5.41) is 12.8. The molecule has 2 amide bonds. The molecule has 200 valence electrons. The molecule has 1 heterocycles. The van der Waals surface area contributed by atoms with E-state index in [-0.39, 0.29) is 42.9 Å². The highest BCUT2D eigenvalue weighted by atomic mass is 16.5. The molecule has 1 aliphatic rings. The molecule has 7 nitrogen and oxygen atoms in total. The minimum Gasteiger partial charge on any atom is -0.488 e. The molecule has 0 spiro atoms. The van der Waals surface area contributed by atoms with Crippen molar-refractivity contribution in [2.24, 2.45) is 5.92 Å². The summed E-state index contributed by atoms with van der Waals surface area (Å²) in [7, 11) is 2.06. The Hall–Kier alpha value is -3.68. The molecule has 0 aliphatic carbocycles. The first-order chi connectivity index (χ1) is 18.3. The second-order valence-corrected chi connectivity index (χ2v) is 10.2. The molecule has 0 saturated heterocycles. The van der Waals surface area contributed by atoms with Crippen molar-refractivity contribution in [2.75, 3.05) is 32.1 Å². The summed E-state index contributed by atoms with van der Waals surface area (Å²) >= 11 is 0. The van der Waals surface area contributed by atoms with E-state index in [0.717, 1.165) is 12.1 Å². The van der Waals surface area contributed by atoms with Gasteiger partial charge in [-0.05, 0) is 43.3 Å². The van der Waals surface area contributed by atoms with Crippen molar-refractivity contribution in [1.82, 2.24) is 9.80 Å². The summed E-state index contributed by atoms with van der Waals surface area (Å²) < 4.78 is 6.48. The van der Waals surface area contributed by atoms with Crippen molar-refractivity contribution >= 4 is 17.5 Å². The number of amides is 2. The van der Waals surface area contributed by atoms with Gasteiger partial charge in [-0.15, -0.1) is 0 Å². The van der Waals surface area contributed by atoms with E-state index in [1.807, 2.05) is 55.5 Å². The minimum atomic E-state index is -0.352. The molecule has 2 N–H and O–H groups in total. The quantitative estimate of drug-likeness (QED) is 0.446. The van der Waals surface area contributed by atoms with Gasteiger partial charge in [0.1, 0.15) is 11.9 Å². The maximum atomic E-state index is 13.6. The lowest BCUT2D eigenvalue weighted by molar-refractivity contribution is -0.115. The van der Waals surface area contributed by atoms with Crippen LogP contribution in [0.2, 0.25) is 0 Å². The van der Waals surface area contributed by atoms with E-state index >= 15 is 0 Å². The third-order valence-electron chi connectivity index (χ3n) is 6.94. The number of benzene rings is 3. The average Bonchev–Trinajstić information content (AvgIpc) is 2.91. The van der Waals surface area contributed by atoms with Crippen LogP contribution in [0.5, 0.6) is 5.75 Å². The molecule has 0 radical (unpaired) electrons. The van der Waals surface area contributed by atoms with Gasteiger partial charge in [0, 0.05) is 31.2 Å². The van der Waals surface area contributed by atoms with E-state index in [9.17, 15) is 14.7 Å². The zero-order valence-electron chi connectivity index (χ0n) is 22.3. The third-order valence-corrected chi connectivity index (χ3v) is 6.94. The Labute approximate surface area is 225 Å². The summed E-state index contributed by atoms with van der Waals surface area (Å²) in [4.78, 5) is 30.2. The van der Waals surface area contributed by atoms with Crippen LogP contribution in [-0.2, 0) is 17.8 Å². The Morgan fingerprint density at radius 3 is 2.39 bits per heavy atom. The van der Waals surface area contributed by atoms with Crippen LogP contribution in [0.15, 0.2) is 78.9 Å². The first-order valence-corrected chi connectivity index (χ1v) is 13.1. The highest BCUT2D eigenvalue weighted by Crippen LogP contribution is 2.31. The lowest BCUT2D eigenvalue weighted by Gasteiger charge is -2.38. The molecule has 0 saturated carbocycles. The monoisotopic (exact) mass is 515 g/mol. The number of rotatable bonds is 9. The minimum absolute atomic E-state index is 0.0320. The van der Waals surface area contributed by atoms with E-state index in [2.05, 4.69) is 36.3 Å². The maximum absolute atomic E-state index is 13.6. The Bertz CT molecular complexity index is 1220. The van der Waals surface area contributed by atoms with Gasteiger partial charge in [0.25, 0.3) is 5.91 Å². The number of aliphatic hydroxyl groups excluding tert-OH is 1. The summed E-state index contributed by atoms with van der Waals surface area (Å²) in [6.07, 6.45) is 0.0612. The standard InChI is InChI=1S/C31H37N3O4/c1-22-18-34(23(2)21-35)31(37)27-17-26(32-30(36)16-24-10-6-4-7-11-24)14-15-28(27)38-29(22)20-33(3)19-25-12-8-5-9-13-25/h4-15,17,22-23,29,35H,16,18-21H2,1-3H3,(H,32,36)/t22-,23+,29+/m1/s1. The number of ether oxygens (including phenoxy) is 1. The Morgan fingerprint density at radius 2 is 1.74 bits per heavy atom. The first-order valence-electron chi connectivity index (χ1n) is 13.1. The molecule has 1 aliphatic heterocycles. The van der Waals surface area contributed by atoms with Crippen molar-refractivity contribution < 1.29 is 19.4 Å². The molecule has 0 aromatic heterocycles. The maximum Gasteiger partial charge on any atom is 0.258 e. The topological polar surface area (TPSA) is 82.1 Å². The lowest BCUT2D eigenvalue weighted by Crippen LogP contribution is -2.49. The summed E-state index contributed by atoms with van der Waals surface area (Å²) in [6, 6.07) is 24.6. The van der Waals surface area contributed by atoms with Crippen LogP contribution in [0.25, 0.3) is 0 Å². The van der Waals surface area contributed by atoms with Gasteiger partial charge >= 0.3 is 0 Å². The van der Waals surface area contributed by atoms with E-state index in [4.69, 9.17) is 4.74 Å². The second-order valence-electron chi connectivity index (χ2n) is 10.2. The molecule has 3 aromatic rings. The number of carbonyl (C=O) groups excluding carboxylic acids is 2. The molecular weight excluding hydrogens is 478 g/mol. The number of anilines is 1. The van der Waals surface area contributed by atoms with E-state index < -0.39 is 0 Å². The zero-order chi connectivity index (χ0) is 27.1. The van der Waals surface area contributed by atoms with E-state index in [1.165, 1.54) is 5.56 Å². The average molecular weight is 516 g/mol. The SMILES string of the molecule is C[C@@H]1CN([C@@H](C)CO)C(=O)c2cc(NC(=O)Cc3ccccc3)ccc2O[C@H]1CN(C)Cc1ccccc1. The fourth-order valence-electron chi connectivity index (χ4n) is 4.77. The second kappa shape index (κ2) is 12.7. The largest absolute Gasteiger partial charge is 0.488 e. The van der Waals surface area contributed by atoms with Gasteiger partial charge in [-0.3, -0.25) is 14.5 Å². The van der Waals surface area contributed by atoms with Crippen molar-refractivity contribution in [3.05, 3.63) is 95.6 Å². The predicted octanol–water partition coefficient (Wildman–Crippen LogP) is 4.22. The van der Waals surface area contributed by atoms with Crippen LogP contribution >= 0.6 is 0 Å². The number of fused-ring (bicyclic) bond motifs is 1. The molecular formula is C31H37N3O4. The molecule has 3 atom stereocenters. The van der Waals surface area contributed by atoms with Gasteiger partial charge in [0.15, 0.2) is 0 Å². The molecule has 0 bridgehead atoms. The van der Waals surface area contributed by atoms with Gasteiger partial charge < -0.3 is 20.1 Å². The highest BCUT2D eigenvalue weighted by Gasteiger charge is 2.33. The summed E-state index contributed by atoms with van der Waals surface area (Å²) in [5.41, 5.74) is 3.04. The van der Waals surface area contributed by atoms with Crippen LogP contribution in [0.3, 0.4) is 0 Å². The predicted molar refractivity (Wildman–Crippen MR) is 149 cm³/mol. The van der Waals surface area contributed by atoms with Crippen LogP contribution in [-0.4, -0.2) is 65.6 Å². The zero-order valence-corrected chi connectivity index (χ0v) is 22.3. The summed E-state index contributed by atoms with van der Waals surface area (Å²) in [6.45, 7) is 5.68. The van der Waals surface area contributed by atoms with Crippen molar-refractivity contribution in [2.45, 2.75) is 39.0 Å². The number of carbonyl (C=O) groups is 2. The number of aliphatic hydroxyl groups is 1. The van der Waals surface area contributed by atoms with Gasteiger partial charge in [-0.1, -0.05) is 67.6 Å². The van der Waals surface area contributed by atoms with Gasteiger partial charge in [0.05, 0.1) is 24.6 Å². The molecule has 0 unspecified atom stereocenters.